The number of aromatic nitrogens is 2. The Hall–Kier alpha value is -1.12. The summed E-state index contributed by atoms with van der Waals surface area (Å²) in [6.45, 7) is 4.60. The van der Waals surface area contributed by atoms with Gasteiger partial charge in [0.05, 0.1) is 0 Å². The maximum Gasteiger partial charge on any atom is 0.134 e. The lowest BCUT2D eigenvalue weighted by molar-refractivity contribution is 0.607. The van der Waals surface area contributed by atoms with Crippen molar-refractivity contribution < 1.29 is 0 Å². The molecule has 0 amide bonds. The van der Waals surface area contributed by atoms with E-state index in [2.05, 4.69) is 19.2 Å². The van der Waals surface area contributed by atoms with Crippen LogP contribution in [0.3, 0.4) is 0 Å². The van der Waals surface area contributed by atoms with Crippen molar-refractivity contribution in [3.63, 3.8) is 0 Å². The maximum absolute atomic E-state index is 4.77. The molecular weight excluding hydrogens is 198 g/mol. The summed E-state index contributed by atoms with van der Waals surface area (Å²) in [5, 5.41) is 3.23. The van der Waals surface area contributed by atoms with Gasteiger partial charge in [0.15, 0.2) is 0 Å². The molecule has 1 atom stereocenters. The molecule has 3 heteroatoms. The van der Waals surface area contributed by atoms with Crippen molar-refractivity contribution in [2.24, 2.45) is 5.41 Å². The van der Waals surface area contributed by atoms with E-state index >= 15 is 0 Å². The van der Waals surface area contributed by atoms with Crippen molar-refractivity contribution in [2.45, 2.75) is 45.4 Å². The van der Waals surface area contributed by atoms with Gasteiger partial charge in [0.25, 0.3) is 0 Å². The third kappa shape index (κ3) is 1.41. The van der Waals surface area contributed by atoms with Crippen molar-refractivity contribution in [3.05, 3.63) is 17.1 Å². The lowest BCUT2D eigenvalue weighted by Crippen LogP contribution is -2.06. The summed E-state index contributed by atoms with van der Waals surface area (Å²) in [5.74, 6) is 2.71. The predicted molar refractivity (Wildman–Crippen MR) is 64.7 cm³/mol. The van der Waals surface area contributed by atoms with Crippen LogP contribution in [0.5, 0.6) is 0 Å². The van der Waals surface area contributed by atoms with E-state index < -0.39 is 0 Å². The molecular formula is C13H19N3. The van der Waals surface area contributed by atoms with Crippen LogP contribution in [-0.4, -0.2) is 17.0 Å². The fraction of sp³-hybridized carbons (Fsp3) is 0.692. The van der Waals surface area contributed by atoms with E-state index in [4.69, 9.17) is 9.97 Å². The highest BCUT2D eigenvalue weighted by Crippen LogP contribution is 2.57. The number of aryl methyl sites for hydroxylation is 1. The molecule has 0 aromatic carbocycles. The Balaban J connectivity index is 2.02. The first-order chi connectivity index (χ1) is 7.62. The Morgan fingerprint density at radius 1 is 1.25 bits per heavy atom. The van der Waals surface area contributed by atoms with Gasteiger partial charge in [0, 0.05) is 24.2 Å². The molecule has 16 heavy (non-hydrogen) atoms. The summed E-state index contributed by atoms with van der Waals surface area (Å²) >= 11 is 0. The highest BCUT2D eigenvalue weighted by atomic mass is 15.0. The van der Waals surface area contributed by atoms with Gasteiger partial charge in [0.2, 0.25) is 0 Å². The summed E-state index contributed by atoms with van der Waals surface area (Å²) < 4.78 is 0. The Morgan fingerprint density at radius 3 is 2.62 bits per heavy atom. The fourth-order valence-electron chi connectivity index (χ4n) is 2.72. The van der Waals surface area contributed by atoms with Crippen LogP contribution in [-0.2, 0) is 12.8 Å². The molecule has 2 aliphatic carbocycles. The lowest BCUT2D eigenvalue weighted by atomic mass is 10.1. The zero-order valence-corrected chi connectivity index (χ0v) is 10.3. The molecule has 1 aromatic heterocycles. The first-order valence-corrected chi connectivity index (χ1v) is 6.19. The zero-order chi connectivity index (χ0) is 11.3. The summed E-state index contributed by atoms with van der Waals surface area (Å²) in [5.41, 5.74) is 3.06. The number of fused-ring (bicyclic) bond motifs is 1. The molecule has 1 fully saturated rings. The fourth-order valence-corrected chi connectivity index (χ4v) is 2.72. The summed E-state index contributed by atoms with van der Waals surface area (Å²) in [4.78, 5) is 9.47. The highest BCUT2D eigenvalue weighted by molar-refractivity contribution is 5.49. The molecule has 0 bridgehead atoms. The molecule has 0 saturated heterocycles. The van der Waals surface area contributed by atoms with E-state index in [-0.39, 0.29) is 0 Å². The van der Waals surface area contributed by atoms with Gasteiger partial charge in [-0.3, -0.25) is 0 Å². The Morgan fingerprint density at radius 2 is 2.00 bits per heavy atom. The first kappa shape index (κ1) is 10.1. The van der Waals surface area contributed by atoms with Crippen molar-refractivity contribution in [1.82, 2.24) is 9.97 Å². The van der Waals surface area contributed by atoms with Crippen molar-refractivity contribution in [3.8, 4) is 0 Å². The van der Waals surface area contributed by atoms with Crippen LogP contribution in [0.1, 0.15) is 49.7 Å². The Bertz CT molecular complexity index is 437. The number of nitrogens with zero attached hydrogens (tertiary/aromatic N) is 2. The van der Waals surface area contributed by atoms with E-state index in [1.54, 1.807) is 0 Å². The second-order valence-corrected chi connectivity index (χ2v) is 5.70. The van der Waals surface area contributed by atoms with Gasteiger partial charge in [-0.1, -0.05) is 13.8 Å². The largest absolute Gasteiger partial charge is 0.373 e. The lowest BCUT2D eigenvalue weighted by Gasteiger charge is -2.10. The Labute approximate surface area is 96.7 Å². The summed E-state index contributed by atoms with van der Waals surface area (Å²) in [6, 6.07) is 0. The first-order valence-electron chi connectivity index (χ1n) is 6.19. The summed E-state index contributed by atoms with van der Waals surface area (Å²) in [6.07, 6.45) is 4.73. The zero-order valence-electron chi connectivity index (χ0n) is 10.3. The third-order valence-corrected chi connectivity index (χ3v) is 4.01. The van der Waals surface area contributed by atoms with Crippen molar-refractivity contribution >= 4 is 5.82 Å². The maximum atomic E-state index is 4.77. The van der Waals surface area contributed by atoms with Gasteiger partial charge in [-0.2, -0.15) is 0 Å². The number of rotatable bonds is 2. The molecule has 0 radical (unpaired) electrons. The van der Waals surface area contributed by atoms with Gasteiger partial charge >= 0.3 is 0 Å². The second kappa shape index (κ2) is 3.19. The minimum absolute atomic E-state index is 0.415. The van der Waals surface area contributed by atoms with Crippen LogP contribution < -0.4 is 5.32 Å². The van der Waals surface area contributed by atoms with Crippen LogP contribution in [0.15, 0.2) is 0 Å². The van der Waals surface area contributed by atoms with Crippen LogP contribution in [0.2, 0.25) is 0 Å². The minimum atomic E-state index is 0.415. The molecule has 3 rings (SSSR count). The standard InChI is InChI=1S/C13H19N3/c1-13(2)7-9(13)12-15-10-6-4-5-8(10)11(14-3)16-12/h9H,4-7H2,1-3H3,(H,14,15,16). The number of nitrogens with one attached hydrogen (secondary N) is 1. The monoisotopic (exact) mass is 217 g/mol. The van der Waals surface area contributed by atoms with E-state index in [9.17, 15) is 0 Å². The SMILES string of the molecule is CNc1nc(C2CC2(C)C)nc2c1CCC2. The average molecular weight is 217 g/mol. The predicted octanol–water partition coefficient (Wildman–Crippen LogP) is 2.52. The van der Waals surface area contributed by atoms with E-state index in [0.717, 1.165) is 24.5 Å². The minimum Gasteiger partial charge on any atom is -0.373 e. The van der Waals surface area contributed by atoms with E-state index in [1.165, 1.54) is 24.1 Å². The molecule has 2 aliphatic rings. The second-order valence-electron chi connectivity index (χ2n) is 5.70. The molecule has 1 saturated carbocycles. The molecule has 1 unspecified atom stereocenters. The number of hydrogen-bond acceptors (Lipinski definition) is 3. The molecule has 1 aromatic rings. The highest BCUT2D eigenvalue weighted by Gasteiger charge is 2.49. The third-order valence-electron chi connectivity index (χ3n) is 4.01. The molecule has 0 spiro atoms. The van der Waals surface area contributed by atoms with Gasteiger partial charge in [-0.05, 0) is 31.1 Å². The molecule has 1 N–H and O–H groups in total. The van der Waals surface area contributed by atoms with Crippen LogP contribution in [0.25, 0.3) is 0 Å². The van der Waals surface area contributed by atoms with Gasteiger partial charge < -0.3 is 5.32 Å². The van der Waals surface area contributed by atoms with Gasteiger partial charge in [-0.15, -0.1) is 0 Å². The normalized spacial score (nSPS) is 25.3. The molecule has 0 aliphatic heterocycles. The van der Waals surface area contributed by atoms with E-state index in [1.807, 2.05) is 7.05 Å². The van der Waals surface area contributed by atoms with E-state index in [0.29, 0.717) is 11.3 Å². The van der Waals surface area contributed by atoms with Crippen LogP contribution >= 0.6 is 0 Å². The van der Waals surface area contributed by atoms with Gasteiger partial charge in [0.1, 0.15) is 11.6 Å². The number of anilines is 1. The number of hydrogen-bond donors (Lipinski definition) is 1. The van der Waals surface area contributed by atoms with Crippen molar-refractivity contribution in [2.75, 3.05) is 12.4 Å². The average Bonchev–Trinajstić information content (AvgIpc) is 2.71. The van der Waals surface area contributed by atoms with Crippen molar-refractivity contribution in [1.29, 1.82) is 0 Å². The van der Waals surface area contributed by atoms with Crippen LogP contribution in [0.4, 0.5) is 5.82 Å². The van der Waals surface area contributed by atoms with Gasteiger partial charge in [-0.25, -0.2) is 9.97 Å². The quantitative estimate of drug-likeness (QED) is 0.827. The molecule has 3 nitrogen and oxygen atoms in total. The topological polar surface area (TPSA) is 37.8 Å². The smallest absolute Gasteiger partial charge is 0.134 e. The Kier molecular flexibility index (Phi) is 2.00. The van der Waals surface area contributed by atoms with Crippen LogP contribution in [0, 0.1) is 5.41 Å². The molecule has 86 valence electrons. The summed E-state index contributed by atoms with van der Waals surface area (Å²) in [7, 11) is 1.96. The molecule has 1 heterocycles.